The monoisotopic (exact) mass is 453 g/mol. The second-order valence-corrected chi connectivity index (χ2v) is 7.30. The number of rotatable bonds is 6. The zero-order valence-corrected chi connectivity index (χ0v) is 18.9. The SMILES string of the molecule is CCN1CCN(c2cc3cc(-c4ccc(OCC(C)O)cc4)ncc3o2)CC1.Cl.Cl. The van der Waals surface area contributed by atoms with Crippen LogP contribution in [0.3, 0.4) is 0 Å². The van der Waals surface area contributed by atoms with Crippen molar-refractivity contribution in [2.75, 3.05) is 44.2 Å². The van der Waals surface area contributed by atoms with Crippen LogP contribution in [-0.2, 0) is 0 Å². The van der Waals surface area contributed by atoms with Gasteiger partial charge in [0.2, 0.25) is 0 Å². The number of fused-ring (bicyclic) bond motifs is 1. The number of benzene rings is 1. The number of likely N-dealkylation sites (N-methyl/N-ethyl adjacent to an activating group) is 1. The summed E-state index contributed by atoms with van der Waals surface area (Å²) in [7, 11) is 0. The summed E-state index contributed by atoms with van der Waals surface area (Å²) in [6.07, 6.45) is 1.32. The minimum atomic E-state index is -0.482. The maximum atomic E-state index is 9.32. The van der Waals surface area contributed by atoms with Crippen molar-refractivity contribution < 1.29 is 14.3 Å². The summed E-state index contributed by atoms with van der Waals surface area (Å²) in [5.74, 6) is 1.66. The highest BCUT2D eigenvalue weighted by atomic mass is 35.5. The van der Waals surface area contributed by atoms with Gasteiger partial charge in [-0.15, -0.1) is 24.8 Å². The zero-order valence-electron chi connectivity index (χ0n) is 17.3. The van der Waals surface area contributed by atoms with E-state index in [-0.39, 0.29) is 31.4 Å². The Labute approximate surface area is 189 Å². The van der Waals surface area contributed by atoms with Crippen LogP contribution in [0.15, 0.2) is 47.0 Å². The highest BCUT2D eigenvalue weighted by Crippen LogP contribution is 2.30. The van der Waals surface area contributed by atoms with E-state index in [2.05, 4.69) is 33.8 Å². The maximum absolute atomic E-state index is 9.32. The Kier molecular flexibility index (Phi) is 8.79. The molecule has 4 rings (SSSR count). The molecule has 0 amide bonds. The normalized spacial score (nSPS) is 15.4. The fraction of sp³-hybridized carbons (Fsp3) is 0.409. The predicted octanol–water partition coefficient (Wildman–Crippen LogP) is 4.24. The number of hydrogen-bond donors (Lipinski definition) is 1. The molecule has 0 spiro atoms. The van der Waals surface area contributed by atoms with Crippen molar-refractivity contribution in [1.29, 1.82) is 0 Å². The summed E-state index contributed by atoms with van der Waals surface area (Å²) in [5.41, 5.74) is 2.73. The first-order valence-electron chi connectivity index (χ1n) is 9.90. The van der Waals surface area contributed by atoms with Gasteiger partial charge in [0.05, 0.1) is 18.0 Å². The molecule has 3 heterocycles. The number of pyridine rings is 1. The van der Waals surface area contributed by atoms with Crippen molar-refractivity contribution in [3.05, 3.63) is 42.6 Å². The minimum Gasteiger partial charge on any atom is -0.491 e. The van der Waals surface area contributed by atoms with Crippen LogP contribution < -0.4 is 9.64 Å². The van der Waals surface area contributed by atoms with Crippen LogP contribution in [0.2, 0.25) is 0 Å². The summed E-state index contributed by atoms with van der Waals surface area (Å²) >= 11 is 0. The zero-order chi connectivity index (χ0) is 19.5. The summed E-state index contributed by atoms with van der Waals surface area (Å²) in [4.78, 5) is 9.32. The first-order valence-corrected chi connectivity index (χ1v) is 9.90. The molecule has 30 heavy (non-hydrogen) atoms. The molecule has 1 N–H and O–H groups in total. The highest BCUT2D eigenvalue weighted by molar-refractivity contribution is 5.86. The van der Waals surface area contributed by atoms with Gasteiger partial charge in [0.1, 0.15) is 12.4 Å². The number of aliphatic hydroxyl groups is 1. The van der Waals surface area contributed by atoms with Crippen LogP contribution in [0.5, 0.6) is 5.75 Å². The Hall–Kier alpha value is -1.99. The summed E-state index contributed by atoms with van der Waals surface area (Å²) in [6, 6.07) is 11.9. The molecule has 0 aliphatic carbocycles. The average molecular weight is 454 g/mol. The molecule has 0 bridgehead atoms. The molecule has 1 aromatic carbocycles. The van der Waals surface area contributed by atoms with Crippen molar-refractivity contribution in [3.63, 3.8) is 0 Å². The van der Waals surface area contributed by atoms with E-state index in [9.17, 15) is 5.11 Å². The highest BCUT2D eigenvalue weighted by Gasteiger charge is 2.19. The van der Waals surface area contributed by atoms with E-state index in [1.807, 2.05) is 24.3 Å². The number of aromatic nitrogens is 1. The summed E-state index contributed by atoms with van der Waals surface area (Å²) in [6.45, 7) is 9.41. The third-order valence-electron chi connectivity index (χ3n) is 5.16. The van der Waals surface area contributed by atoms with Gasteiger partial charge in [-0.3, -0.25) is 4.98 Å². The molecule has 164 valence electrons. The van der Waals surface area contributed by atoms with Gasteiger partial charge in [-0.1, -0.05) is 6.92 Å². The van der Waals surface area contributed by atoms with E-state index < -0.39 is 6.10 Å². The van der Waals surface area contributed by atoms with Crippen LogP contribution >= 0.6 is 24.8 Å². The molecule has 1 aliphatic rings. The van der Waals surface area contributed by atoms with Crippen molar-refractivity contribution in [1.82, 2.24) is 9.88 Å². The van der Waals surface area contributed by atoms with Crippen molar-refractivity contribution in [2.45, 2.75) is 20.0 Å². The molecule has 0 radical (unpaired) electrons. The Bertz CT molecular complexity index is 923. The minimum absolute atomic E-state index is 0. The first kappa shape index (κ1) is 24.3. The lowest BCUT2D eigenvalue weighted by Crippen LogP contribution is -2.46. The van der Waals surface area contributed by atoms with Gasteiger partial charge < -0.3 is 24.1 Å². The predicted molar refractivity (Wildman–Crippen MR) is 125 cm³/mol. The van der Waals surface area contributed by atoms with Crippen LogP contribution in [0.1, 0.15) is 13.8 Å². The van der Waals surface area contributed by atoms with E-state index >= 15 is 0 Å². The number of halogens is 2. The Balaban J connectivity index is 0.00000160. The van der Waals surface area contributed by atoms with Gasteiger partial charge in [0.25, 0.3) is 0 Å². The molecule has 1 fully saturated rings. The topological polar surface area (TPSA) is 62.0 Å². The molecule has 1 unspecified atom stereocenters. The van der Waals surface area contributed by atoms with Crippen molar-refractivity contribution in [3.8, 4) is 17.0 Å². The van der Waals surface area contributed by atoms with Crippen LogP contribution in [0.4, 0.5) is 5.88 Å². The lowest BCUT2D eigenvalue weighted by Gasteiger charge is -2.33. The quantitative estimate of drug-likeness (QED) is 0.601. The number of piperazine rings is 1. The summed E-state index contributed by atoms with van der Waals surface area (Å²) in [5, 5.41) is 10.4. The molecular weight excluding hydrogens is 425 g/mol. The number of anilines is 1. The first-order chi connectivity index (χ1) is 13.6. The summed E-state index contributed by atoms with van der Waals surface area (Å²) < 4.78 is 11.6. The largest absolute Gasteiger partial charge is 0.491 e. The van der Waals surface area contributed by atoms with Gasteiger partial charge in [-0.05, 0) is 43.8 Å². The number of ether oxygens (including phenoxy) is 1. The average Bonchev–Trinajstić information content (AvgIpc) is 3.16. The lowest BCUT2D eigenvalue weighted by molar-refractivity contribution is 0.123. The van der Waals surface area contributed by atoms with E-state index in [1.165, 1.54) is 0 Å². The second-order valence-electron chi connectivity index (χ2n) is 7.30. The molecule has 1 atom stereocenters. The Morgan fingerprint density at radius 3 is 2.43 bits per heavy atom. The molecule has 0 saturated carbocycles. The van der Waals surface area contributed by atoms with E-state index in [0.29, 0.717) is 0 Å². The molecular formula is C22H29Cl2N3O3. The third kappa shape index (κ3) is 5.58. The third-order valence-corrected chi connectivity index (χ3v) is 5.16. The van der Waals surface area contributed by atoms with Crippen LogP contribution in [0.25, 0.3) is 22.2 Å². The van der Waals surface area contributed by atoms with E-state index in [0.717, 1.165) is 66.6 Å². The van der Waals surface area contributed by atoms with Gasteiger partial charge in [-0.2, -0.15) is 0 Å². The van der Waals surface area contributed by atoms with Crippen LogP contribution in [-0.4, -0.2) is 60.4 Å². The molecule has 3 aromatic rings. The number of aliphatic hydroxyl groups excluding tert-OH is 1. The van der Waals surface area contributed by atoms with Gasteiger partial charge in [0, 0.05) is 43.2 Å². The molecule has 6 nitrogen and oxygen atoms in total. The standard InChI is InChI=1S/C22H27N3O3.2ClH/c1-3-24-8-10-25(11-9-24)22-13-18-12-20(23-14-21(18)28-22)17-4-6-19(7-5-17)27-15-16(2)26;;/h4-7,12-14,16,26H,3,8-11,15H2,1-2H3;2*1H. The Morgan fingerprint density at radius 1 is 1.10 bits per heavy atom. The van der Waals surface area contributed by atoms with Gasteiger partial charge in [-0.25, -0.2) is 0 Å². The molecule has 8 heteroatoms. The lowest BCUT2D eigenvalue weighted by atomic mass is 10.1. The second kappa shape index (κ2) is 10.9. The van der Waals surface area contributed by atoms with E-state index in [1.54, 1.807) is 13.1 Å². The van der Waals surface area contributed by atoms with Gasteiger partial charge >= 0.3 is 0 Å². The maximum Gasteiger partial charge on any atom is 0.196 e. The number of furan rings is 1. The van der Waals surface area contributed by atoms with Crippen molar-refractivity contribution >= 4 is 41.7 Å². The van der Waals surface area contributed by atoms with Crippen LogP contribution in [0, 0.1) is 0 Å². The fourth-order valence-electron chi connectivity index (χ4n) is 3.47. The van der Waals surface area contributed by atoms with Gasteiger partial charge in [0.15, 0.2) is 11.5 Å². The number of hydrogen-bond acceptors (Lipinski definition) is 6. The fourth-order valence-corrected chi connectivity index (χ4v) is 3.47. The molecule has 1 aliphatic heterocycles. The van der Waals surface area contributed by atoms with Crippen molar-refractivity contribution in [2.24, 2.45) is 0 Å². The number of nitrogens with zero attached hydrogens (tertiary/aromatic N) is 3. The molecule has 1 saturated heterocycles. The Morgan fingerprint density at radius 2 is 1.80 bits per heavy atom. The smallest absolute Gasteiger partial charge is 0.196 e. The molecule has 2 aromatic heterocycles. The van der Waals surface area contributed by atoms with E-state index in [4.69, 9.17) is 9.15 Å².